The molecule has 0 unspecified atom stereocenters. The normalized spacial score (nSPS) is 14.8. The Kier molecular flexibility index (Phi) is 2.09. The summed E-state index contributed by atoms with van der Waals surface area (Å²) in [5.41, 5.74) is 10.3. The van der Waals surface area contributed by atoms with E-state index >= 15 is 0 Å². The number of halogens is 1. The smallest absolute Gasteiger partial charge is 0.120 e. The topological polar surface area (TPSA) is 58.6 Å². The van der Waals surface area contributed by atoms with E-state index in [1.165, 1.54) is 0 Å². The van der Waals surface area contributed by atoms with Crippen LogP contribution < -0.4 is 5.73 Å². The molecular weight excluding hydrogens is 236 g/mol. The standard InChI is InChI=1S/C13H9ClN2O/c14-9-5-6-10(15)12-11(9)7-3-1-2-4-8(7)13(12)16-17/h1-6,17H,15H2/b16-13+. The Morgan fingerprint density at radius 3 is 2.41 bits per heavy atom. The number of nitrogens with two attached hydrogens (primary N) is 1. The molecule has 0 aliphatic heterocycles. The molecule has 0 bridgehead atoms. The fourth-order valence-electron chi connectivity index (χ4n) is 2.26. The molecule has 0 aromatic heterocycles. The number of hydrogen-bond donors (Lipinski definition) is 2. The van der Waals surface area contributed by atoms with Crippen LogP contribution in [0.4, 0.5) is 5.69 Å². The minimum Gasteiger partial charge on any atom is -0.410 e. The van der Waals surface area contributed by atoms with Crippen molar-refractivity contribution in [2.75, 3.05) is 5.73 Å². The molecule has 1 aliphatic rings. The zero-order valence-corrected chi connectivity index (χ0v) is 9.57. The van der Waals surface area contributed by atoms with E-state index in [4.69, 9.17) is 22.5 Å². The molecule has 0 heterocycles. The Bertz CT molecular complexity index is 650. The van der Waals surface area contributed by atoms with Crippen LogP contribution >= 0.6 is 11.6 Å². The third-order valence-electron chi connectivity index (χ3n) is 2.98. The maximum Gasteiger partial charge on any atom is 0.120 e. The van der Waals surface area contributed by atoms with Gasteiger partial charge in [0.1, 0.15) is 5.71 Å². The SMILES string of the molecule is Nc1ccc(Cl)c2c1/C(=N/O)c1ccccc1-2. The molecule has 0 radical (unpaired) electrons. The predicted molar refractivity (Wildman–Crippen MR) is 68.7 cm³/mol. The summed E-state index contributed by atoms with van der Waals surface area (Å²) in [5, 5.41) is 13.1. The molecule has 84 valence electrons. The van der Waals surface area contributed by atoms with Crippen molar-refractivity contribution in [3.05, 3.63) is 52.5 Å². The fraction of sp³-hybridized carbons (Fsp3) is 0. The van der Waals surface area contributed by atoms with E-state index in [9.17, 15) is 0 Å². The zero-order valence-electron chi connectivity index (χ0n) is 8.81. The van der Waals surface area contributed by atoms with E-state index in [1.807, 2.05) is 24.3 Å². The van der Waals surface area contributed by atoms with Crippen molar-refractivity contribution in [2.24, 2.45) is 5.16 Å². The molecule has 2 aromatic rings. The summed E-state index contributed by atoms with van der Waals surface area (Å²) in [6.07, 6.45) is 0. The molecule has 4 heteroatoms. The molecule has 3 nitrogen and oxygen atoms in total. The van der Waals surface area contributed by atoms with Crippen LogP contribution in [-0.2, 0) is 0 Å². The molecule has 0 fully saturated rings. The number of nitrogens with zero attached hydrogens (tertiary/aromatic N) is 1. The summed E-state index contributed by atoms with van der Waals surface area (Å²) in [5.74, 6) is 0. The lowest BCUT2D eigenvalue weighted by molar-refractivity contribution is 0.320. The highest BCUT2D eigenvalue weighted by Crippen LogP contribution is 2.43. The molecule has 1 aliphatic carbocycles. The van der Waals surface area contributed by atoms with Crippen molar-refractivity contribution < 1.29 is 5.21 Å². The summed E-state index contributed by atoms with van der Waals surface area (Å²) in [6, 6.07) is 11.1. The van der Waals surface area contributed by atoms with Crippen LogP contribution in [0.15, 0.2) is 41.6 Å². The van der Waals surface area contributed by atoms with Crippen molar-refractivity contribution in [3.63, 3.8) is 0 Å². The quantitative estimate of drug-likeness (QED) is 0.363. The fourth-order valence-corrected chi connectivity index (χ4v) is 2.52. The van der Waals surface area contributed by atoms with Crippen molar-refractivity contribution in [2.45, 2.75) is 0 Å². The monoisotopic (exact) mass is 244 g/mol. The number of rotatable bonds is 0. The van der Waals surface area contributed by atoms with Crippen LogP contribution in [-0.4, -0.2) is 10.9 Å². The van der Waals surface area contributed by atoms with Crippen molar-refractivity contribution in [1.29, 1.82) is 0 Å². The van der Waals surface area contributed by atoms with Crippen LogP contribution in [0.1, 0.15) is 11.1 Å². The molecule has 0 spiro atoms. The van der Waals surface area contributed by atoms with Gasteiger partial charge in [-0.05, 0) is 17.7 Å². The largest absolute Gasteiger partial charge is 0.410 e. The van der Waals surface area contributed by atoms with Gasteiger partial charge in [-0.25, -0.2) is 0 Å². The van der Waals surface area contributed by atoms with Crippen molar-refractivity contribution in [1.82, 2.24) is 0 Å². The first-order valence-corrected chi connectivity index (χ1v) is 5.52. The van der Waals surface area contributed by atoms with E-state index < -0.39 is 0 Å². The van der Waals surface area contributed by atoms with Gasteiger partial charge in [0.05, 0.1) is 0 Å². The summed E-state index contributed by atoms with van der Waals surface area (Å²) in [4.78, 5) is 0. The van der Waals surface area contributed by atoms with E-state index in [0.717, 1.165) is 16.7 Å². The van der Waals surface area contributed by atoms with Crippen molar-refractivity contribution in [3.8, 4) is 11.1 Å². The number of hydrogen-bond acceptors (Lipinski definition) is 3. The highest BCUT2D eigenvalue weighted by molar-refractivity contribution is 6.38. The average Bonchev–Trinajstić information content (AvgIpc) is 2.69. The average molecular weight is 245 g/mol. The van der Waals surface area contributed by atoms with E-state index in [1.54, 1.807) is 12.1 Å². The number of benzene rings is 2. The molecular formula is C13H9ClN2O. The Morgan fingerprint density at radius 1 is 1.00 bits per heavy atom. The van der Waals surface area contributed by atoms with Crippen LogP contribution in [0, 0.1) is 0 Å². The highest BCUT2D eigenvalue weighted by Gasteiger charge is 2.29. The highest BCUT2D eigenvalue weighted by atomic mass is 35.5. The van der Waals surface area contributed by atoms with Gasteiger partial charge in [-0.1, -0.05) is 41.0 Å². The summed E-state index contributed by atoms with van der Waals surface area (Å²) in [6.45, 7) is 0. The number of anilines is 1. The third kappa shape index (κ3) is 1.26. The van der Waals surface area contributed by atoms with Crippen LogP contribution in [0.2, 0.25) is 5.02 Å². The number of fused-ring (bicyclic) bond motifs is 3. The maximum atomic E-state index is 9.16. The Labute approximate surface area is 103 Å². The minimum absolute atomic E-state index is 0.482. The van der Waals surface area contributed by atoms with E-state index in [-0.39, 0.29) is 0 Å². The van der Waals surface area contributed by atoms with Crippen LogP contribution in [0.3, 0.4) is 0 Å². The number of nitrogen functional groups attached to an aromatic ring is 1. The first-order chi connectivity index (χ1) is 8.24. The molecule has 0 atom stereocenters. The molecule has 0 saturated carbocycles. The Hall–Kier alpha value is -2.00. The lowest BCUT2D eigenvalue weighted by Crippen LogP contribution is -2.02. The summed E-state index contributed by atoms with van der Waals surface area (Å²) in [7, 11) is 0. The second-order valence-corrected chi connectivity index (χ2v) is 4.29. The van der Waals surface area contributed by atoms with Gasteiger partial charge in [0.15, 0.2) is 0 Å². The molecule has 0 amide bonds. The van der Waals surface area contributed by atoms with E-state index in [2.05, 4.69) is 5.16 Å². The molecule has 2 aromatic carbocycles. The Morgan fingerprint density at radius 2 is 1.71 bits per heavy atom. The van der Waals surface area contributed by atoms with E-state index in [0.29, 0.717) is 22.0 Å². The minimum atomic E-state index is 0.482. The van der Waals surface area contributed by atoms with Gasteiger partial charge < -0.3 is 10.9 Å². The first kappa shape index (κ1) is 10.2. The third-order valence-corrected chi connectivity index (χ3v) is 3.29. The molecule has 3 N–H and O–H groups in total. The van der Waals surface area contributed by atoms with Gasteiger partial charge in [0.2, 0.25) is 0 Å². The van der Waals surface area contributed by atoms with Gasteiger partial charge in [-0.3, -0.25) is 0 Å². The van der Waals surface area contributed by atoms with Gasteiger partial charge >= 0.3 is 0 Å². The van der Waals surface area contributed by atoms with Gasteiger partial charge in [-0.15, -0.1) is 0 Å². The lowest BCUT2D eigenvalue weighted by atomic mass is 10.0. The number of oxime groups is 1. The second kappa shape index (κ2) is 3.50. The van der Waals surface area contributed by atoms with Gasteiger partial charge in [0, 0.05) is 27.4 Å². The lowest BCUT2D eigenvalue weighted by Gasteiger charge is -2.05. The zero-order chi connectivity index (χ0) is 12.0. The predicted octanol–water partition coefficient (Wildman–Crippen LogP) is 3.13. The van der Waals surface area contributed by atoms with Crippen molar-refractivity contribution >= 4 is 23.0 Å². The summed E-state index contributed by atoms with van der Waals surface area (Å²) < 4.78 is 0. The second-order valence-electron chi connectivity index (χ2n) is 3.88. The van der Waals surface area contributed by atoms with Gasteiger partial charge in [-0.2, -0.15) is 0 Å². The molecule has 0 saturated heterocycles. The Balaban J connectivity index is 2.48. The first-order valence-electron chi connectivity index (χ1n) is 5.14. The van der Waals surface area contributed by atoms with Crippen LogP contribution in [0.5, 0.6) is 0 Å². The maximum absolute atomic E-state index is 9.16. The molecule has 17 heavy (non-hydrogen) atoms. The van der Waals surface area contributed by atoms with Crippen LogP contribution in [0.25, 0.3) is 11.1 Å². The summed E-state index contributed by atoms with van der Waals surface area (Å²) >= 11 is 6.20. The molecule has 3 rings (SSSR count). The van der Waals surface area contributed by atoms with Gasteiger partial charge in [0.25, 0.3) is 0 Å².